The molecule has 3 rings (SSSR count). The molecule has 0 radical (unpaired) electrons. The molecule has 16 heavy (non-hydrogen) atoms. The Morgan fingerprint density at radius 1 is 1.00 bits per heavy atom. The van der Waals surface area contributed by atoms with Gasteiger partial charge >= 0.3 is 0 Å². The molecule has 0 unspecified atom stereocenters. The Kier molecular flexibility index (Phi) is 2.18. The average molecular weight is 273 g/mol. The summed E-state index contributed by atoms with van der Waals surface area (Å²) in [4.78, 5) is 0. The standard InChI is InChI=1S/C14H11BrN/c1-10-4-6-16-7-5-11-2-3-12(15)9-13(11)14(16)8-10/h2-9H,1H3/q+1. The molecule has 0 bridgehead atoms. The van der Waals surface area contributed by atoms with Crippen molar-refractivity contribution >= 4 is 32.2 Å². The number of benzene rings is 1. The lowest BCUT2D eigenvalue weighted by atomic mass is 10.1. The van der Waals surface area contributed by atoms with Crippen LogP contribution in [0.1, 0.15) is 5.56 Å². The van der Waals surface area contributed by atoms with Crippen LogP contribution < -0.4 is 4.40 Å². The summed E-state index contributed by atoms with van der Waals surface area (Å²) in [6, 6.07) is 12.9. The monoisotopic (exact) mass is 272 g/mol. The van der Waals surface area contributed by atoms with Crippen LogP contribution in [0.4, 0.5) is 0 Å². The van der Waals surface area contributed by atoms with E-state index in [2.05, 4.69) is 76.0 Å². The van der Waals surface area contributed by atoms with Crippen LogP contribution in [-0.2, 0) is 0 Å². The quantitative estimate of drug-likeness (QED) is 0.435. The highest BCUT2D eigenvalue weighted by molar-refractivity contribution is 9.10. The fraction of sp³-hybridized carbons (Fsp3) is 0.0714. The zero-order valence-electron chi connectivity index (χ0n) is 8.94. The van der Waals surface area contributed by atoms with E-state index in [-0.39, 0.29) is 0 Å². The number of aryl methyl sites for hydroxylation is 1. The van der Waals surface area contributed by atoms with Crippen LogP contribution >= 0.6 is 15.9 Å². The molecule has 0 aliphatic rings. The highest BCUT2D eigenvalue weighted by Gasteiger charge is 2.07. The summed E-state index contributed by atoms with van der Waals surface area (Å²) in [5, 5.41) is 2.55. The van der Waals surface area contributed by atoms with Gasteiger partial charge in [0.15, 0.2) is 12.4 Å². The van der Waals surface area contributed by atoms with Crippen LogP contribution in [0.2, 0.25) is 0 Å². The second kappa shape index (κ2) is 3.56. The molecule has 0 amide bonds. The molecule has 0 saturated carbocycles. The van der Waals surface area contributed by atoms with Gasteiger partial charge < -0.3 is 0 Å². The lowest BCUT2D eigenvalue weighted by molar-refractivity contribution is -0.510. The van der Waals surface area contributed by atoms with Crippen molar-refractivity contribution in [2.24, 2.45) is 0 Å². The average Bonchev–Trinajstić information content (AvgIpc) is 2.29. The van der Waals surface area contributed by atoms with E-state index < -0.39 is 0 Å². The van der Waals surface area contributed by atoms with Gasteiger partial charge in [-0.05, 0) is 30.0 Å². The zero-order valence-corrected chi connectivity index (χ0v) is 10.5. The van der Waals surface area contributed by atoms with Gasteiger partial charge in [0.1, 0.15) is 0 Å². The second-order valence-corrected chi connectivity index (χ2v) is 4.96. The molecule has 0 spiro atoms. The summed E-state index contributed by atoms with van der Waals surface area (Å²) in [5.41, 5.74) is 2.53. The van der Waals surface area contributed by atoms with Crippen LogP contribution in [0, 0.1) is 6.92 Å². The summed E-state index contributed by atoms with van der Waals surface area (Å²) < 4.78 is 3.27. The van der Waals surface area contributed by atoms with Gasteiger partial charge in [0.05, 0.1) is 5.39 Å². The molecule has 0 atom stereocenters. The number of nitrogens with zero attached hydrogens (tertiary/aromatic N) is 1. The van der Waals surface area contributed by atoms with Crippen molar-refractivity contribution < 1.29 is 4.40 Å². The summed E-state index contributed by atoms with van der Waals surface area (Å²) in [7, 11) is 0. The van der Waals surface area contributed by atoms with E-state index in [1.807, 2.05) is 0 Å². The maximum absolute atomic E-state index is 3.53. The largest absolute Gasteiger partial charge is 0.218 e. The molecule has 0 saturated heterocycles. The van der Waals surface area contributed by atoms with Crippen molar-refractivity contribution in [3.63, 3.8) is 0 Å². The molecule has 0 aliphatic carbocycles. The van der Waals surface area contributed by atoms with Gasteiger partial charge in [-0.25, -0.2) is 0 Å². The van der Waals surface area contributed by atoms with Gasteiger partial charge in [-0.15, -0.1) is 0 Å². The van der Waals surface area contributed by atoms with E-state index in [4.69, 9.17) is 0 Å². The maximum atomic E-state index is 3.53. The van der Waals surface area contributed by atoms with Gasteiger partial charge in [-0.2, -0.15) is 4.40 Å². The molecule has 0 fully saturated rings. The molecule has 1 aromatic carbocycles. The van der Waals surface area contributed by atoms with Gasteiger partial charge in [0.2, 0.25) is 5.52 Å². The first-order valence-corrected chi connectivity index (χ1v) is 6.03. The third kappa shape index (κ3) is 1.50. The van der Waals surface area contributed by atoms with Crippen molar-refractivity contribution in [1.29, 1.82) is 0 Å². The summed E-state index contributed by atoms with van der Waals surface area (Å²) in [5.74, 6) is 0. The third-order valence-corrected chi connectivity index (χ3v) is 3.34. The van der Waals surface area contributed by atoms with Crippen molar-refractivity contribution in [3.8, 4) is 0 Å². The Balaban J connectivity index is 2.55. The van der Waals surface area contributed by atoms with Gasteiger partial charge in [0, 0.05) is 22.7 Å². The van der Waals surface area contributed by atoms with E-state index in [0.29, 0.717) is 0 Å². The molecule has 2 aromatic heterocycles. The molecular weight excluding hydrogens is 262 g/mol. The van der Waals surface area contributed by atoms with E-state index >= 15 is 0 Å². The van der Waals surface area contributed by atoms with Crippen LogP contribution in [0.25, 0.3) is 16.3 Å². The second-order valence-electron chi connectivity index (χ2n) is 4.04. The van der Waals surface area contributed by atoms with E-state index in [1.165, 1.54) is 21.9 Å². The summed E-state index contributed by atoms with van der Waals surface area (Å²) in [6.45, 7) is 2.12. The topological polar surface area (TPSA) is 4.10 Å². The van der Waals surface area contributed by atoms with Crippen molar-refractivity contribution in [2.75, 3.05) is 0 Å². The SMILES string of the molecule is Cc1cc[n+]2ccc3ccc(Br)cc3c2c1. The summed E-state index contributed by atoms with van der Waals surface area (Å²) >= 11 is 3.53. The number of fused-ring (bicyclic) bond motifs is 3. The van der Waals surface area contributed by atoms with E-state index in [9.17, 15) is 0 Å². The molecule has 78 valence electrons. The lowest BCUT2D eigenvalue weighted by Gasteiger charge is -2.00. The molecular formula is C14H11BrN+. The number of rotatable bonds is 0. The normalized spacial score (nSPS) is 11.1. The Labute approximate surface area is 102 Å². The number of halogens is 1. The van der Waals surface area contributed by atoms with Crippen LogP contribution in [0.15, 0.2) is 53.3 Å². The maximum Gasteiger partial charge on any atom is 0.218 e. The van der Waals surface area contributed by atoms with Crippen molar-refractivity contribution in [1.82, 2.24) is 0 Å². The molecule has 0 N–H and O–H groups in total. The Morgan fingerprint density at radius 2 is 1.81 bits per heavy atom. The minimum Gasteiger partial charge on any atom is -0.167 e. The highest BCUT2D eigenvalue weighted by Crippen LogP contribution is 2.22. The minimum atomic E-state index is 1.12. The smallest absolute Gasteiger partial charge is 0.167 e. The molecule has 3 aromatic rings. The summed E-state index contributed by atoms with van der Waals surface area (Å²) in [6.07, 6.45) is 4.20. The first kappa shape index (κ1) is 9.79. The van der Waals surface area contributed by atoms with Crippen LogP contribution in [0.3, 0.4) is 0 Å². The fourth-order valence-corrected chi connectivity index (χ4v) is 2.38. The van der Waals surface area contributed by atoms with Crippen molar-refractivity contribution in [3.05, 3.63) is 58.8 Å². The predicted octanol–water partition coefficient (Wildman–Crippen LogP) is 3.65. The zero-order chi connectivity index (χ0) is 11.1. The number of hydrogen-bond acceptors (Lipinski definition) is 0. The van der Waals surface area contributed by atoms with E-state index in [1.54, 1.807) is 0 Å². The lowest BCUT2D eigenvalue weighted by Crippen LogP contribution is -2.20. The Bertz CT molecular complexity index is 628. The molecule has 2 heterocycles. The highest BCUT2D eigenvalue weighted by atomic mass is 79.9. The first-order valence-electron chi connectivity index (χ1n) is 5.24. The Hall–Kier alpha value is -1.41. The van der Waals surface area contributed by atoms with Crippen LogP contribution in [0.5, 0.6) is 0 Å². The van der Waals surface area contributed by atoms with Gasteiger partial charge in [-0.3, -0.25) is 0 Å². The number of aromatic nitrogens is 1. The predicted molar refractivity (Wildman–Crippen MR) is 69.5 cm³/mol. The number of pyridine rings is 2. The third-order valence-electron chi connectivity index (χ3n) is 2.85. The fourth-order valence-electron chi connectivity index (χ4n) is 2.02. The molecule has 0 aliphatic heterocycles. The first-order chi connectivity index (χ1) is 7.74. The van der Waals surface area contributed by atoms with E-state index in [0.717, 1.165) is 4.47 Å². The minimum absolute atomic E-state index is 1.12. The van der Waals surface area contributed by atoms with Gasteiger partial charge in [-0.1, -0.05) is 22.0 Å². The van der Waals surface area contributed by atoms with Crippen LogP contribution in [-0.4, -0.2) is 0 Å². The molecule has 1 nitrogen and oxygen atoms in total. The molecule has 2 heteroatoms. The Morgan fingerprint density at radius 3 is 2.69 bits per heavy atom. The number of hydrogen-bond donors (Lipinski definition) is 0. The van der Waals surface area contributed by atoms with Crippen molar-refractivity contribution in [2.45, 2.75) is 6.92 Å². The van der Waals surface area contributed by atoms with Gasteiger partial charge in [0.25, 0.3) is 0 Å².